The zero-order valence-corrected chi connectivity index (χ0v) is 11.6. The number of likely N-dealkylation sites (N-methyl/N-ethyl adjacent to an activating group) is 1. The van der Waals surface area contributed by atoms with E-state index in [2.05, 4.69) is 0 Å². The van der Waals surface area contributed by atoms with Crippen molar-refractivity contribution in [3.05, 3.63) is 29.8 Å². The third kappa shape index (κ3) is 5.72. The summed E-state index contributed by atoms with van der Waals surface area (Å²) in [4.78, 5) is 13.2. The van der Waals surface area contributed by atoms with Gasteiger partial charge in [0.05, 0.1) is 12.7 Å². The van der Waals surface area contributed by atoms with E-state index in [1.54, 1.807) is 7.05 Å². The van der Waals surface area contributed by atoms with Crippen LogP contribution in [-0.2, 0) is 9.53 Å². The number of amides is 1. The van der Waals surface area contributed by atoms with Crippen LogP contribution in [-0.4, -0.2) is 55.9 Å². The molecule has 0 fully saturated rings. The first kappa shape index (κ1) is 15.5. The van der Waals surface area contributed by atoms with Crippen LogP contribution in [0.2, 0.25) is 0 Å². The topological polar surface area (TPSA) is 59.0 Å². The third-order valence-electron chi connectivity index (χ3n) is 2.65. The molecule has 0 saturated carbocycles. The molecule has 0 saturated heterocycles. The van der Waals surface area contributed by atoms with Gasteiger partial charge in [0.2, 0.25) is 0 Å². The fourth-order valence-electron chi connectivity index (χ4n) is 1.55. The van der Waals surface area contributed by atoms with Gasteiger partial charge in [0.25, 0.3) is 5.91 Å². The maximum Gasteiger partial charge on any atom is 0.260 e. The van der Waals surface area contributed by atoms with Gasteiger partial charge in [-0.3, -0.25) is 4.79 Å². The lowest BCUT2D eigenvalue weighted by Crippen LogP contribution is -2.38. The van der Waals surface area contributed by atoms with Crippen LogP contribution in [0.25, 0.3) is 0 Å². The van der Waals surface area contributed by atoms with Gasteiger partial charge in [-0.25, -0.2) is 0 Å². The Morgan fingerprint density at radius 3 is 2.58 bits per heavy atom. The summed E-state index contributed by atoms with van der Waals surface area (Å²) < 4.78 is 10.2. The first-order chi connectivity index (χ1) is 9.02. The average Bonchev–Trinajstić information content (AvgIpc) is 2.37. The summed E-state index contributed by atoms with van der Waals surface area (Å²) >= 11 is 0. The second-order valence-electron chi connectivity index (χ2n) is 4.49. The van der Waals surface area contributed by atoms with E-state index in [1.165, 1.54) is 12.0 Å². The van der Waals surface area contributed by atoms with E-state index in [4.69, 9.17) is 9.47 Å². The highest BCUT2D eigenvalue weighted by Crippen LogP contribution is 2.11. The number of rotatable bonds is 7. The molecule has 0 spiro atoms. The third-order valence-corrected chi connectivity index (χ3v) is 2.65. The molecule has 5 nitrogen and oxygen atoms in total. The number of carbonyl (C=O) groups is 1. The highest BCUT2D eigenvalue weighted by atomic mass is 16.5. The minimum absolute atomic E-state index is 0.0424. The predicted molar refractivity (Wildman–Crippen MR) is 72.2 cm³/mol. The monoisotopic (exact) mass is 267 g/mol. The number of hydrogen-bond acceptors (Lipinski definition) is 4. The van der Waals surface area contributed by atoms with E-state index in [1.807, 2.05) is 31.2 Å². The van der Waals surface area contributed by atoms with Crippen molar-refractivity contribution in [3.63, 3.8) is 0 Å². The van der Waals surface area contributed by atoms with E-state index in [0.717, 1.165) is 5.56 Å². The van der Waals surface area contributed by atoms with Gasteiger partial charge in [-0.2, -0.15) is 0 Å². The quantitative estimate of drug-likeness (QED) is 0.795. The first-order valence-corrected chi connectivity index (χ1v) is 6.13. The lowest BCUT2D eigenvalue weighted by atomic mass is 10.2. The van der Waals surface area contributed by atoms with Crippen LogP contribution in [0.3, 0.4) is 0 Å². The van der Waals surface area contributed by atoms with Gasteiger partial charge in [-0.05, 0) is 19.1 Å². The Bertz CT molecular complexity index is 391. The van der Waals surface area contributed by atoms with Crippen molar-refractivity contribution in [2.24, 2.45) is 0 Å². The van der Waals surface area contributed by atoms with Crippen molar-refractivity contribution in [1.29, 1.82) is 0 Å². The zero-order valence-electron chi connectivity index (χ0n) is 11.6. The molecule has 1 unspecified atom stereocenters. The van der Waals surface area contributed by atoms with Crippen molar-refractivity contribution in [1.82, 2.24) is 4.90 Å². The summed E-state index contributed by atoms with van der Waals surface area (Å²) in [6.07, 6.45) is -0.682. The summed E-state index contributed by atoms with van der Waals surface area (Å²) in [6.45, 7) is 2.37. The molecule has 0 heterocycles. The predicted octanol–water partition coefficient (Wildman–Crippen LogP) is 0.840. The number of aliphatic hydroxyl groups excluding tert-OH is 1. The molecule has 5 heteroatoms. The van der Waals surface area contributed by atoms with Gasteiger partial charge >= 0.3 is 0 Å². The number of aryl methyl sites for hydroxylation is 1. The van der Waals surface area contributed by atoms with Crippen molar-refractivity contribution >= 4 is 5.91 Å². The molecule has 1 amide bonds. The van der Waals surface area contributed by atoms with E-state index in [-0.39, 0.29) is 25.7 Å². The molecular formula is C14H21NO4. The number of nitrogens with zero attached hydrogens (tertiary/aromatic N) is 1. The van der Waals surface area contributed by atoms with Crippen LogP contribution in [0, 0.1) is 6.92 Å². The second-order valence-corrected chi connectivity index (χ2v) is 4.49. The minimum Gasteiger partial charge on any atom is -0.484 e. The van der Waals surface area contributed by atoms with E-state index < -0.39 is 6.10 Å². The second kappa shape index (κ2) is 7.76. The van der Waals surface area contributed by atoms with Gasteiger partial charge in [0.1, 0.15) is 5.75 Å². The van der Waals surface area contributed by atoms with Gasteiger partial charge in [-0.15, -0.1) is 0 Å². The molecule has 0 aliphatic rings. The molecule has 106 valence electrons. The average molecular weight is 267 g/mol. The Hall–Kier alpha value is -1.59. The van der Waals surface area contributed by atoms with Crippen LogP contribution < -0.4 is 4.74 Å². The van der Waals surface area contributed by atoms with Crippen LogP contribution in [0.15, 0.2) is 24.3 Å². The first-order valence-electron chi connectivity index (χ1n) is 6.13. The summed E-state index contributed by atoms with van der Waals surface area (Å²) in [5, 5.41) is 9.52. The van der Waals surface area contributed by atoms with E-state index >= 15 is 0 Å². The van der Waals surface area contributed by atoms with Crippen LogP contribution in [0.4, 0.5) is 0 Å². The van der Waals surface area contributed by atoms with Crippen LogP contribution >= 0.6 is 0 Å². The van der Waals surface area contributed by atoms with Gasteiger partial charge in [-0.1, -0.05) is 17.7 Å². The highest BCUT2D eigenvalue weighted by molar-refractivity contribution is 5.77. The molecular weight excluding hydrogens is 246 g/mol. The van der Waals surface area contributed by atoms with Crippen molar-refractivity contribution in [2.75, 3.05) is 33.9 Å². The summed E-state index contributed by atoms with van der Waals surface area (Å²) in [6, 6.07) is 7.49. The number of benzene rings is 1. The molecule has 0 aliphatic carbocycles. The molecule has 1 rings (SSSR count). The van der Waals surface area contributed by atoms with Crippen molar-refractivity contribution in [3.8, 4) is 5.75 Å². The van der Waals surface area contributed by atoms with E-state index in [0.29, 0.717) is 5.75 Å². The number of ether oxygens (including phenoxy) is 2. The highest BCUT2D eigenvalue weighted by Gasteiger charge is 2.14. The number of hydrogen-bond donors (Lipinski definition) is 1. The van der Waals surface area contributed by atoms with E-state index in [9.17, 15) is 9.90 Å². The smallest absolute Gasteiger partial charge is 0.260 e. The Balaban J connectivity index is 2.36. The maximum atomic E-state index is 11.8. The Morgan fingerprint density at radius 2 is 2.00 bits per heavy atom. The van der Waals surface area contributed by atoms with Crippen LogP contribution in [0.5, 0.6) is 5.75 Å². The maximum absolute atomic E-state index is 11.8. The molecule has 0 aliphatic heterocycles. The van der Waals surface area contributed by atoms with Crippen LogP contribution in [0.1, 0.15) is 5.56 Å². The Kier molecular flexibility index (Phi) is 6.32. The largest absolute Gasteiger partial charge is 0.484 e. The molecule has 1 aromatic carbocycles. The molecule has 19 heavy (non-hydrogen) atoms. The number of carbonyl (C=O) groups excluding carboxylic acids is 1. The minimum atomic E-state index is -0.682. The molecule has 1 N–H and O–H groups in total. The fraction of sp³-hybridized carbons (Fsp3) is 0.500. The lowest BCUT2D eigenvalue weighted by molar-refractivity contribution is -0.133. The SMILES string of the molecule is COCC(O)CN(C)C(=O)COc1ccc(C)cc1. The fourth-order valence-corrected chi connectivity index (χ4v) is 1.55. The Labute approximate surface area is 113 Å². The van der Waals surface area contributed by atoms with Crippen molar-refractivity contribution < 1.29 is 19.4 Å². The Morgan fingerprint density at radius 1 is 1.37 bits per heavy atom. The molecule has 0 bridgehead atoms. The van der Waals surface area contributed by atoms with Crippen molar-refractivity contribution in [2.45, 2.75) is 13.0 Å². The summed E-state index contributed by atoms with van der Waals surface area (Å²) in [5.74, 6) is 0.473. The van der Waals surface area contributed by atoms with Gasteiger partial charge in [0, 0.05) is 20.7 Å². The summed E-state index contributed by atoms with van der Waals surface area (Å²) in [7, 11) is 3.13. The number of methoxy groups -OCH3 is 1. The zero-order chi connectivity index (χ0) is 14.3. The molecule has 0 aromatic heterocycles. The lowest BCUT2D eigenvalue weighted by Gasteiger charge is -2.20. The summed E-state index contributed by atoms with van der Waals surface area (Å²) in [5.41, 5.74) is 1.14. The molecule has 1 atom stereocenters. The number of aliphatic hydroxyl groups is 1. The normalized spacial score (nSPS) is 12.0. The van der Waals surface area contributed by atoms with Gasteiger partial charge < -0.3 is 19.5 Å². The van der Waals surface area contributed by atoms with Gasteiger partial charge in [0.15, 0.2) is 6.61 Å². The molecule has 1 aromatic rings. The molecule has 0 radical (unpaired) electrons. The standard InChI is InChI=1S/C14H21NO4/c1-11-4-6-13(7-5-11)19-10-14(17)15(2)8-12(16)9-18-3/h4-7,12,16H,8-10H2,1-3H3.